The molecular weight excluding hydrogens is 382 g/mol. The number of sulfonamides is 1. The number of amides is 1. The molecule has 0 bridgehead atoms. The van der Waals surface area contributed by atoms with Crippen LogP contribution in [-0.4, -0.2) is 14.3 Å². The molecule has 138 valence electrons. The molecule has 3 aromatic rings. The monoisotopic (exact) mass is 399 g/mol. The van der Waals surface area contributed by atoms with Crippen LogP contribution in [0.2, 0.25) is 5.02 Å². The van der Waals surface area contributed by atoms with E-state index in [2.05, 4.69) is 0 Å². The van der Waals surface area contributed by atoms with E-state index in [0.29, 0.717) is 11.3 Å². The number of nitrogens with zero attached hydrogens (tertiary/aromatic N) is 1. The third-order valence-corrected chi connectivity index (χ3v) is 6.41. The summed E-state index contributed by atoms with van der Waals surface area (Å²) >= 11 is 6.18. The molecular formula is C21H18ClNO3S. The zero-order valence-electron chi connectivity index (χ0n) is 14.9. The standard InChI is InChI=1S/C21H18ClNO3S/c1-15-9-8-14-20(16(15)2)23(21(24)18-12-6-7-13-19(18)22)27(25,26)17-10-4-3-5-11-17/h3-14H,1-2H3. The number of aryl methyl sites for hydroxylation is 1. The smallest absolute Gasteiger partial charge is 0.268 e. The summed E-state index contributed by atoms with van der Waals surface area (Å²) in [6.07, 6.45) is 0. The van der Waals surface area contributed by atoms with Crippen LogP contribution < -0.4 is 4.31 Å². The van der Waals surface area contributed by atoms with Gasteiger partial charge in [0.1, 0.15) is 0 Å². The molecule has 0 atom stereocenters. The van der Waals surface area contributed by atoms with E-state index < -0.39 is 15.9 Å². The molecule has 0 fully saturated rings. The van der Waals surface area contributed by atoms with E-state index in [0.717, 1.165) is 9.87 Å². The van der Waals surface area contributed by atoms with Crippen LogP contribution in [0.4, 0.5) is 5.69 Å². The number of carbonyl (C=O) groups excluding carboxylic acids is 1. The van der Waals surface area contributed by atoms with Gasteiger partial charge in [-0.05, 0) is 55.3 Å². The van der Waals surface area contributed by atoms with Gasteiger partial charge in [-0.25, -0.2) is 8.42 Å². The van der Waals surface area contributed by atoms with Gasteiger partial charge in [-0.2, -0.15) is 4.31 Å². The molecule has 27 heavy (non-hydrogen) atoms. The van der Waals surface area contributed by atoms with Crippen LogP contribution >= 0.6 is 11.6 Å². The normalized spacial score (nSPS) is 11.2. The van der Waals surface area contributed by atoms with Crippen molar-refractivity contribution in [2.45, 2.75) is 18.7 Å². The Bertz CT molecular complexity index is 1100. The maximum absolute atomic E-state index is 13.4. The van der Waals surface area contributed by atoms with Crippen LogP contribution in [0.15, 0.2) is 77.7 Å². The lowest BCUT2D eigenvalue weighted by atomic mass is 10.1. The minimum absolute atomic E-state index is 0.0336. The Morgan fingerprint density at radius 1 is 0.852 bits per heavy atom. The Hall–Kier alpha value is -2.63. The van der Waals surface area contributed by atoms with E-state index in [-0.39, 0.29) is 15.5 Å². The highest BCUT2D eigenvalue weighted by Crippen LogP contribution is 2.31. The third-order valence-electron chi connectivity index (χ3n) is 4.36. The molecule has 3 rings (SSSR count). The molecule has 0 N–H and O–H groups in total. The zero-order chi connectivity index (χ0) is 19.6. The number of hydrogen-bond donors (Lipinski definition) is 0. The summed E-state index contributed by atoms with van der Waals surface area (Å²) in [5, 5.41) is 0.195. The van der Waals surface area contributed by atoms with Gasteiger partial charge in [-0.15, -0.1) is 0 Å². The van der Waals surface area contributed by atoms with E-state index >= 15 is 0 Å². The van der Waals surface area contributed by atoms with Crippen molar-refractivity contribution < 1.29 is 13.2 Å². The molecule has 0 radical (unpaired) electrons. The van der Waals surface area contributed by atoms with Crippen LogP contribution in [-0.2, 0) is 10.0 Å². The summed E-state index contributed by atoms with van der Waals surface area (Å²) in [5.41, 5.74) is 2.02. The number of carbonyl (C=O) groups is 1. The van der Waals surface area contributed by atoms with Crippen LogP contribution in [0, 0.1) is 13.8 Å². The Morgan fingerprint density at radius 3 is 2.15 bits per heavy atom. The zero-order valence-corrected chi connectivity index (χ0v) is 16.5. The number of rotatable bonds is 4. The minimum atomic E-state index is -4.13. The summed E-state index contributed by atoms with van der Waals surface area (Å²) in [6.45, 7) is 3.66. The molecule has 0 aliphatic heterocycles. The molecule has 4 nitrogen and oxygen atoms in total. The van der Waals surface area contributed by atoms with Crippen molar-refractivity contribution in [3.63, 3.8) is 0 Å². The number of benzene rings is 3. The molecule has 0 spiro atoms. The van der Waals surface area contributed by atoms with Gasteiger partial charge in [0.15, 0.2) is 0 Å². The van der Waals surface area contributed by atoms with Gasteiger partial charge in [0.05, 0.1) is 21.2 Å². The first-order chi connectivity index (χ1) is 12.8. The first-order valence-electron chi connectivity index (χ1n) is 8.29. The van der Waals surface area contributed by atoms with Crippen molar-refractivity contribution >= 4 is 33.2 Å². The molecule has 0 saturated carbocycles. The van der Waals surface area contributed by atoms with Crippen molar-refractivity contribution in [1.82, 2.24) is 0 Å². The van der Waals surface area contributed by atoms with Crippen LogP contribution in [0.3, 0.4) is 0 Å². The van der Waals surface area contributed by atoms with Gasteiger partial charge in [0.2, 0.25) is 0 Å². The lowest BCUT2D eigenvalue weighted by Gasteiger charge is -2.25. The van der Waals surface area contributed by atoms with Crippen LogP contribution in [0.25, 0.3) is 0 Å². The second kappa shape index (κ2) is 7.55. The molecule has 0 aromatic heterocycles. The molecule has 3 aromatic carbocycles. The fourth-order valence-electron chi connectivity index (χ4n) is 2.75. The van der Waals surface area contributed by atoms with E-state index in [4.69, 9.17) is 11.6 Å². The Labute approximate surface area is 164 Å². The minimum Gasteiger partial charge on any atom is -0.268 e. The second-order valence-electron chi connectivity index (χ2n) is 6.09. The van der Waals surface area contributed by atoms with E-state index in [1.807, 2.05) is 13.0 Å². The second-order valence-corrected chi connectivity index (χ2v) is 8.28. The first-order valence-corrected chi connectivity index (χ1v) is 10.1. The van der Waals surface area contributed by atoms with Gasteiger partial charge < -0.3 is 0 Å². The molecule has 0 heterocycles. The van der Waals surface area contributed by atoms with Crippen LogP contribution in [0.1, 0.15) is 21.5 Å². The summed E-state index contributed by atoms with van der Waals surface area (Å²) in [7, 11) is -4.13. The number of anilines is 1. The average Bonchev–Trinajstić information content (AvgIpc) is 2.66. The highest BCUT2D eigenvalue weighted by molar-refractivity contribution is 7.93. The average molecular weight is 400 g/mol. The topological polar surface area (TPSA) is 54.5 Å². The number of hydrogen-bond acceptors (Lipinski definition) is 3. The first kappa shape index (κ1) is 19.1. The van der Waals surface area contributed by atoms with Crippen molar-refractivity contribution in [1.29, 1.82) is 0 Å². The Morgan fingerprint density at radius 2 is 1.48 bits per heavy atom. The largest absolute Gasteiger partial charge is 0.273 e. The van der Waals surface area contributed by atoms with E-state index in [1.54, 1.807) is 55.5 Å². The fraction of sp³-hybridized carbons (Fsp3) is 0.0952. The van der Waals surface area contributed by atoms with Crippen molar-refractivity contribution in [2.75, 3.05) is 4.31 Å². The third kappa shape index (κ3) is 3.61. The van der Waals surface area contributed by atoms with E-state index in [9.17, 15) is 13.2 Å². The van der Waals surface area contributed by atoms with Gasteiger partial charge >= 0.3 is 0 Å². The lowest BCUT2D eigenvalue weighted by Crippen LogP contribution is -2.37. The Kier molecular flexibility index (Phi) is 5.35. The maximum Gasteiger partial charge on any atom is 0.273 e. The predicted molar refractivity (Wildman–Crippen MR) is 108 cm³/mol. The predicted octanol–water partition coefficient (Wildman–Crippen LogP) is 4.99. The van der Waals surface area contributed by atoms with Crippen molar-refractivity contribution in [3.8, 4) is 0 Å². The van der Waals surface area contributed by atoms with Crippen molar-refractivity contribution in [3.05, 3.63) is 94.5 Å². The highest BCUT2D eigenvalue weighted by atomic mass is 35.5. The van der Waals surface area contributed by atoms with E-state index in [1.165, 1.54) is 18.2 Å². The molecule has 0 aliphatic rings. The lowest BCUT2D eigenvalue weighted by molar-refractivity contribution is 0.101. The number of halogens is 1. The SMILES string of the molecule is Cc1cccc(N(C(=O)c2ccccc2Cl)S(=O)(=O)c2ccccc2)c1C. The quantitative estimate of drug-likeness (QED) is 0.620. The molecule has 6 heteroatoms. The van der Waals surface area contributed by atoms with Gasteiger partial charge in [-0.3, -0.25) is 4.79 Å². The van der Waals surface area contributed by atoms with Gasteiger partial charge in [0, 0.05) is 0 Å². The fourth-order valence-corrected chi connectivity index (χ4v) is 4.45. The maximum atomic E-state index is 13.4. The summed E-state index contributed by atoms with van der Waals surface area (Å²) in [6, 6.07) is 19.5. The van der Waals surface area contributed by atoms with Crippen molar-refractivity contribution in [2.24, 2.45) is 0 Å². The van der Waals surface area contributed by atoms with Gasteiger partial charge in [-0.1, -0.05) is 54.1 Å². The Balaban J connectivity index is 2.26. The van der Waals surface area contributed by atoms with Crippen LogP contribution in [0.5, 0.6) is 0 Å². The summed E-state index contributed by atoms with van der Waals surface area (Å²) in [4.78, 5) is 13.3. The highest BCUT2D eigenvalue weighted by Gasteiger charge is 2.33. The molecule has 0 aliphatic carbocycles. The molecule has 1 amide bonds. The summed E-state index contributed by atoms with van der Waals surface area (Å²) < 4.78 is 27.6. The molecule has 0 unspecified atom stereocenters. The molecule has 0 saturated heterocycles. The summed E-state index contributed by atoms with van der Waals surface area (Å²) in [5.74, 6) is -0.696. The van der Waals surface area contributed by atoms with Gasteiger partial charge in [0.25, 0.3) is 15.9 Å².